The van der Waals surface area contributed by atoms with Gasteiger partial charge >= 0.3 is 0 Å². The van der Waals surface area contributed by atoms with Crippen molar-refractivity contribution < 1.29 is 10.0 Å². The van der Waals surface area contributed by atoms with Crippen molar-refractivity contribution in [1.82, 2.24) is 5.48 Å². The predicted molar refractivity (Wildman–Crippen MR) is 38.6 cm³/mol. The maximum atomic E-state index is 10.6. The monoisotopic (exact) mass is 177 g/mol. The summed E-state index contributed by atoms with van der Waals surface area (Å²) < 4.78 is 0.526. The van der Waals surface area contributed by atoms with Gasteiger partial charge in [-0.25, -0.2) is 5.48 Å². The lowest BCUT2D eigenvalue weighted by atomic mass is 10.5. The first-order valence-corrected chi connectivity index (χ1v) is 3.63. The van der Waals surface area contributed by atoms with E-state index in [1.54, 1.807) is 12.1 Å². The Balaban J connectivity index is 2.85. The van der Waals surface area contributed by atoms with Gasteiger partial charge in [0, 0.05) is 0 Å². The fourth-order valence-electron chi connectivity index (χ4n) is 0.491. The molecule has 1 rings (SSSR count). The molecule has 0 saturated heterocycles. The molecule has 2 N–H and O–H groups in total. The van der Waals surface area contributed by atoms with Crippen LogP contribution in [0.5, 0.6) is 0 Å². The van der Waals surface area contributed by atoms with Crippen molar-refractivity contribution >= 4 is 28.8 Å². The molecule has 10 heavy (non-hydrogen) atoms. The Morgan fingerprint density at radius 1 is 1.70 bits per heavy atom. The summed E-state index contributed by atoms with van der Waals surface area (Å²) in [6.45, 7) is 0. The Hall–Kier alpha value is -0.580. The molecular weight excluding hydrogens is 174 g/mol. The van der Waals surface area contributed by atoms with Crippen LogP contribution in [0.1, 0.15) is 9.67 Å². The SMILES string of the molecule is O=C(NO)c1ccc(Cl)s1. The normalized spacial score (nSPS) is 9.40. The fraction of sp³-hybridized carbons (Fsp3) is 0. The molecule has 0 atom stereocenters. The van der Waals surface area contributed by atoms with Gasteiger partial charge in [0.15, 0.2) is 0 Å². The van der Waals surface area contributed by atoms with Gasteiger partial charge in [0.25, 0.3) is 5.91 Å². The lowest BCUT2D eigenvalue weighted by Crippen LogP contribution is -2.16. The van der Waals surface area contributed by atoms with Crippen molar-refractivity contribution in [1.29, 1.82) is 0 Å². The van der Waals surface area contributed by atoms with Crippen LogP contribution in [0.15, 0.2) is 12.1 Å². The number of hydroxylamine groups is 1. The summed E-state index contributed by atoms with van der Waals surface area (Å²) in [4.78, 5) is 11.0. The van der Waals surface area contributed by atoms with Gasteiger partial charge in [-0.15, -0.1) is 11.3 Å². The van der Waals surface area contributed by atoms with Crippen LogP contribution in [-0.2, 0) is 0 Å². The Morgan fingerprint density at radius 2 is 2.40 bits per heavy atom. The Bertz CT molecular complexity index is 248. The number of carbonyl (C=O) groups is 1. The fourth-order valence-corrected chi connectivity index (χ4v) is 1.42. The highest BCUT2D eigenvalue weighted by molar-refractivity contribution is 7.17. The first kappa shape index (κ1) is 7.53. The topological polar surface area (TPSA) is 49.3 Å². The van der Waals surface area contributed by atoms with Crippen molar-refractivity contribution in [3.05, 3.63) is 21.3 Å². The summed E-state index contributed by atoms with van der Waals surface area (Å²) in [6, 6.07) is 3.13. The molecule has 54 valence electrons. The van der Waals surface area contributed by atoms with Crippen LogP contribution in [0, 0.1) is 0 Å². The molecule has 0 bridgehead atoms. The van der Waals surface area contributed by atoms with Gasteiger partial charge in [0.1, 0.15) is 0 Å². The number of halogens is 1. The van der Waals surface area contributed by atoms with E-state index in [1.165, 1.54) is 5.48 Å². The molecule has 5 heteroatoms. The van der Waals surface area contributed by atoms with E-state index in [1.807, 2.05) is 0 Å². The summed E-state index contributed by atoms with van der Waals surface area (Å²) in [5.41, 5.74) is 1.51. The highest BCUT2D eigenvalue weighted by atomic mass is 35.5. The van der Waals surface area contributed by atoms with E-state index >= 15 is 0 Å². The van der Waals surface area contributed by atoms with Crippen molar-refractivity contribution in [2.45, 2.75) is 0 Å². The van der Waals surface area contributed by atoms with Crippen molar-refractivity contribution in [3.8, 4) is 0 Å². The summed E-state index contributed by atoms with van der Waals surface area (Å²) in [7, 11) is 0. The van der Waals surface area contributed by atoms with Crippen LogP contribution in [-0.4, -0.2) is 11.1 Å². The standard InChI is InChI=1S/C5H4ClNO2S/c6-4-2-1-3(10-4)5(8)7-9/h1-2,9H,(H,7,8). The van der Waals surface area contributed by atoms with Crippen molar-refractivity contribution in [2.75, 3.05) is 0 Å². The van der Waals surface area contributed by atoms with Gasteiger partial charge in [-0.2, -0.15) is 0 Å². The molecule has 0 aliphatic carbocycles. The Labute approximate surface area is 66.2 Å². The van der Waals surface area contributed by atoms with Gasteiger partial charge in [-0.05, 0) is 12.1 Å². The smallest absolute Gasteiger partial charge is 0.284 e. The van der Waals surface area contributed by atoms with Gasteiger partial charge in [0.2, 0.25) is 0 Å². The summed E-state index contributed by atoms with van der Waals surface area (Å²) in [5.74, 6) is -0.531. The van der Waals surface area contributed by atoms with Crippen molar-refractivity contribution in [3.63, 3.8) is 0 Å². The third-order valence-corrected chi connectivity index (χ3v) is 2.13. The lowest BCUT2D eigenvalue weighted by Gasteiger charge is -1.89. The van der Waals surface area contributed by atoms with Gasteiger partial charge in [-0.3, -0.25) is 10.0 Å². The number of thiophene rings is 1. The van der Waals surface area contributed by atoms with E-state index in [0.717, 1.165) is 11.3 Å². The van der Waals surface area contributed by atoms with Gasteiger partial charge in [-0.1, -0.05) is 11.6 Å². The zero-order valence-electron chi connectivity index (χ0n) is 4.80. The molecule has 0 fully saturated rings. The molecule has 0 aliphatic rings. The largest absolute Gasteiger partial charge is 0.288 e. The first-order chi connectivity index (χ1) is 4.74. The Morgan fingerprint density at radius 3 is 2.80 bits per heavy atom. The summed E-state index contributed by atoms with van der Waals surface area (Å²) in [6.07, 6.45) is 0. The van der Waals surface area contributed by atoms with E-state index in [4.69, 9.17) is 16.8 Å². The molecule has 1 aromatic rings. The molecule has 0 unspecified atom stereocenters. The van der Waals surface area contributed by atoms with Crippen LogP contribution in [0.4, 0.5) is 0 Å². The molecule has 1 amide bonds. The van der Waals surface area contributed by atoms with Crippen LogP contribution >= 0.6 is 22.9 Å². The maximum Gasteiger partial charge on any atom is 0.284 e. The van der Waals surface area contributed by atoms with E-state index in [9.17, 15) is 4.79 Å². The third kappa shape index (κ3) is 1.47. The molecular formula is C5H4ClNO2S. The highest BCUT2D eigenvalue weighted by Gasteiger charge is 2.05. The number of rotatable bonds is 1. The van der Waals surface area contributed by atoms with Crippen molar-refractivity contribution in [2.24, 2.45) is 0 Å². The first-order valence-electron chi connectivity index (χ1n) is 2.44. The highest BCUT2D eigenvalue weighted by Crippen LogP contribution is 2.20. The summed E-state index contributed by atoms with van der Waals surface area (Å²) in [5, 5.41) is 8.16. The van der Waals surface area contributed by atoms with Crippen LogP contribution < -0.4 is 5.48 Å². The van der Waals surface area contributed by atoms with E-state index in [2.05, 4.69) is 0 Å². The second-order valence-corrected chi connectivity index (χ2v) is 3.26. The molecule has 0 aromatic carbocycles. The van der Waals surface area contributed by atoms with Crippen LogP contribution in [0.2, 0.25) is 4.34 Å². The zero-order valence-corrected chi connectivity index (χ0v) is 6.37. The molecule has 0 saturated carbocycles. The third-order valence-electron chi connectivity index (χ3n) is 0.899. The Kier molecular flexibility index (Phi) is 2.26. The second kappa shape index (κ2) is 3.01. The number of nitrogens with one attached hydrogen (secondary N) is 1. The van der Waals surface area contributed by atoms with E-state index in [-0.39, 0.29) is 0 Å². The average molecular weight is 178 g/mol. The number of hydrogen-bond acceptors (Lipinski definition) is 3. The molecule has 0 radical (unpaired) electrons. The molecule has 0 spiro atoms. The molecule has 1 aromatic heterocycles. The predicted octanol–water partition coefficient (Wildman–Crippen LogP) is 1.52. The average Bonchev–Trinajstić information content (AvgIpc) is 2.34. The molecule has 3 nitrogen and oxygen atoms in total. The van der Waals surface area contributed by atoms with Crippen LogP contribution in [0.25, 0.3) is 0 Å². The quantitative estimate of drug-likeness (QED) is 0.505. The van der Waals surface area contributed by atoms with Gasteiger partial charge in [0.05, 0.1) is 9.21 Å². The number of hydrogen-bond donors (Lipinski definition) is 2. The van der Waals surface area contributed by atoms with E-state index < -0.39 is 5.91 Å². The minimum absolute atomic E-state index is 0.396. The van der Waals surface area contributed by atoms with Crippen LogP contribution in [0.3, 0.4) is 0 Å². The zero-order chi connectivity index (χ0) is 7.56. The minimum atomic E-state index is -0.531. The van der Waals surface area contributed by atoms with Gasteiger partial charge < -0.3 is 0 Å². The number of carbonyl (C=O) groups excluding carboxylic acids is 1. The maximum absolute atomic E-state index is 10.6. The molecule has 1 heterocycles. The minimum Gasteiger partial charge on any atom is -0.288 e. The number of amides is 1. The lowest BCUT2D eigenvalue weighted by molar-refractivity contribution is 0.0711. The second-order valence-electron chi connectivity index (χ2n) is 1.54. The summed E-state index contributed by atoms with van der Waals surface area (Å²) >= 11 is 6.63. The molecule has 0 aliphatic heterocycles. The van der Waals surface area contributed by atoms with E-state index in [0.29, 0.717) is 9.21 Å².